The number of nitrogens with zero attached hydrogens (tertiary/aromatic N) is 2. The molecule has 1 fully saturated rings. The minimum absolute atomic E-state index is 0.00662. The maximum Gasteiger partial charge on any atom is 0.226 e. The van der Waals surface area contributed by atoms with E-state index in [0.717, 1.165) is 18.4 Å². The quantitative estimate of drug-likeness (QED) is 0.829. The molecule has 1 aromatic carbocycles. The first-order valence-electron chi connectivity index (χ1n) is 8.62. The summed E-state index contributed by atoms with van der Waals surface area (Å²) < 4.78 is 0. The first-order chi connectivity index (χ1) is 11.3. The van der Waals surface area contributed by atoms with Crippen LogP contribution in [0.4, 0.5) is 0 Å². The van der Waals surface area contributed by atoms with Crippen LogP contribution in [0.5, 0.6) is 0 Å². The number of carbonyl (C=O) groups excluding carboxylic acids is 2. The third-order valence-electron chi connectivity index (χ3n) is 4.91. The SMILES string of the molecule is CC(C)C(=O)N1CCC(C(=O)N(C)C(C)c2cccc(Cl)c2)CC1. The minimum atomic E-state index is -0.0217. The summed E-state index contributed by atoms with van der Waals surface area (Å²) in [4.78, 5) is 28.5. The van der Waals surface area contributed by atoms with Crippen molar-refractivity contribution in [2.24, 2.45) is 11.8 Å². The second-order valence-corrected chi connectivity index (χ2v) is 7.37. The van der Waals surface area contributed by atoms with Gasteiger partial charge in [-0.1, -0.05) is 37.6 Å². The highest BCUT2D eigenvalue weighted by Crippen LogP contribution is 2.26. The van der Waals surface area contributed by atoms with Crippen molar-refractivity contribution >= 4 is 23.4 Å². The summed E-state index contributed by atoms with van der Waals surface area (Å²) in [5, 5.41) is 0.681. The van der Waals surface area contributed by atoms with E-state index in [9.17, 15) is 9.59 Å². The Morgan fingerprint density at radius 3 is 2.38 bits per heavy atom. The molecule has 4 nitrogen and oxygen atoms in total. The molecule has 24 heavy (non-hydrogen) atoms. The summed E-state index contributed by atoms with van der Waals surface area (Å²) in [7, 11) is 1.85. The van der Waals surface area contributed by atoms with Gasteiger partial charge in [-0.3, -0.25) is 9.59 Å². The van der Waals surface area contributed by atoms with Crippen LogP contribution in [0.25, 0.3) is 0 Å². The van der Waals surface area contributed by atoms with Gasteiger partial charge in [-0.25, -0.2) is 0 Å². The van der Waals surface area contributed by atoms with Gasteiger partial charge in [0.1, 0.15) is 0 Å². The van der Waals surface area contributed by atoms with Crippen LogP contribution in [-0.4, -0.2) is 41.8 Å². The van der Waals surface area contributed by atoms with E-state index in [1.165, 1.54) is 0 Å². The summed E-state index contributed by atoms with van der Waals surface area (Å²) in [5.41, 5.74) is 1.03. The highest BCUT2D eigenvalue weighted by molar-refractivity contribution is 6.30. The maximum atomic E-state index is 12.8. The Bertz CT molecular complexity index is 595. The number of benzene rings is 1. The van der Waals surface area contributed by atoms with E-state index in [1.54, 1.807) is 4.90 Å². The van der Waals surface area contributed by atoms with Gasteiger partial charge in [0.2, 0.25) is 11.8 Å². The number of hydrogen-bond donors (Lipinski definition) is 0. The third-order valence-corrected chi connectivity index (χ3v) is 5.14. The summed E-state index contributed by atoms with van der Waals surface area (Å²) in [6, 6.07) is 7.61. The maximum absolute atomic E-state index is 12.8. The summed E-state index contributed by atoms with van der Waals surface area (Å²) >= 11 is 6.05. The van der Waals surface area contributed by atoms with Crippen LogP contribution in [0.15, 0.2) is 24.3 Å². The lowest BCUT2D eigenvalue weighted by atomic mass is 9.93. The van der Waals surface area contributed by atoms with Gasteiger partial charge in [-0.15, -0.1) is 0 Å². The Labute approximate surface area is 149 Å². The average molecular weight is 351 g/mol. The number of piperidine rings is 1. The summed E-state index contributed by atoms with van der Waals surface area (Å²) in [5.74, 6) is 0.344. The Balaban J connectivity index is 1.96. The molecular formula is C19H27ClN2O2. The van der Waals surface area contributed by atoms with E-state index < -0.39 is 0 Å². The zero-order chi connectivity index (χ0) is 17.9. The van der Waals surface area contributed by atoms with Gasteiger partial charge >= 0.3 is 0 Å². The molecule has 0 bridgehead atoms. The Morgan fingerprint density at radius 1 is 1.21 bits per heavy atom. The molecule has 1 aliphatic rings. The number of likely N-dealkylation sites (tertiary alicyclic amines) is 1. The van der Waals surface area contributed by atoms with Crippen LogP contribution in [-0.2, 0) is 9.59 Å². The molecule has 0 saturated carbocycles. The summed E-state index contributed by atoms with van der Waals surface area (Å²) in [6.07, 6.45) is 1.48. The van der Waals surface area contributed by atoms with Crippen LogP contribution < -0.4 is 0 Å². The van der Waals surface area contributed by atoms with Crippen LogP contribution in [0, 0.1) is 11.8 Å². The zero-order valence-electron chi connectivity index (χ0n) is 15.0. The topological polar surface area (TPSA) is 40.6 Å². The molecule has 0 spiro atoms. The number of amides is 2. The fourth-order valence-electron chi connectivity index (χ4n) is 3.18. The van der Waals surface area contributed by atoms with E-state index >= 15 is 0 Å². The molecule has 2 rings (SSSR count). The Hall–Kier alpha value is -1.55. The Morgan fingerprint density at radius 2 is 1.83 bits per heavy atom. The van der Waals surface area contributed by atoms with E-state index in [-0.39, 0.29) is 29.7 Å². The second-order valence-electron chi connectivity index (χ2n) is 6.93. The van der Waals surface area contributed by atoms with Gasteiger partial charge < -0.3 is 9.80 Å². The molecule has 5 heteroatoms. The lowest BCUT2D eigenvalue weighted by molar-refractivity contribution is -0.142. The fraction of sp³-hybridized carbons (Fsp3) is 0.579. The monoisotopic (exact) mass is 350 g/mol. The predicted molar refractivity (Wildman–Crippen MR) is 96.8 cm³/mol. The van der Waals surface area contributed by atoms with Crippen LogP contribution in [0.2, 0.25) is 5.02 Å². The smallest absolute Gasteiger partial charge is 0.226 e. The van der Waals surface area contributed by atoms with Crippen molar-refractivity contribution in [3.05, 3.63) is 34.9 Å². The van der Waals surface area contributed by atoms with Crippen molar-refractivity contribution in [2.45, 2.75) is 39.7 Å². The number of carbonyl (C=O) groups is 2. The third kappa shape index (κ3) is 4.29. The van der Waals surface area contributed by atoms with E-state index in [0.29, 0.717) is 18.1 Å². The lowest BCUT2D eigenvalue weighted by Gasteiger charge is -2.35. The largest absolute Gasteiger partial charge is 0.342 e. The molecule has 0 N–H and O–H groups in total. The highest BCUT2D eigenvalue weighted by Gasteiger charge is 2.31. The van der Waals surface area contributed by atoms with Crippen LogP contribution in [0.1, 0.15) is 45.2 Å². The van der Waals surface area contributed by atoms with Crippen LogP contribution in [0.3, 0.4) is 0 Å². The number of hydrogen-bond acceptors (Lipinski definition) is 2. The van der Waals surface area contributed by atoms with Gasteiger partial charge in [-0.2, -0.15) is 0 Å². The zero-order valence-corrected chi connectivity index (χ0v) is 15.7. The fourth-order valence-corrected chi connectivity index (χ4v) is 3.38. The molecule has 0 aliphatic carbocycles. The molecular weight excluding hydrogens is 324 g/mol. The first kappa shape index (κ1) is 18.8. The van der Waals surface area contributed by atoms with Crippen molar-refractivity contribution < 1.29 is 9.59 Å². The van der Waals surface area contributed by atoms with E-state index in [2.05, 4.69) is 0 Å². The van der Waals surface area contributed by atoms with Gasteiger partial charge in [0, 0.05) is 37.0 Å². The standard InChI is InChI=1S/C19H27ClN2O2/c1-13(2)18(23)22-10-8-15(9-11-22)19(24)21(4)14(3)16-6-5-7-17(20)12-16/h5-7,12-15H,8-11H2,1-4H3. The molecule has 1 atom stereocenters. The molecule has 132 valence electrons. The van der Waals surface area contributed by atoms with Crippen molar-refractivity contribution in [1.82, 2.24) is 9.80 Å². The number of halogens is 1. The molecule has 0 aromatic heterocycles. The van der Waals surface area contributed by atoms with Crippen molar-refractivity contribution in [3.8, 4) is 0 Å². The van der Waals surface area contributed by atoms with E-state index in [1.807, 2.05) is 57.0 Å². The first-order valence-corrected chi connectivity index (χ1v) is 9.00. The van der Waals surface area contributed by atoms with Gasteiger partial charge in [-0.05, 0) is 37.5 Å². The minimum Gasteiger partial charge on any atom is -0.342 e. The molecule has 1 unspecified atom stereocenters. The molecule has 1 aromatic rings. The second kappa shape index (κ2) is 8.02. The lowest BCUT2D eigenvalue weighted by Crippen LogP contribution is -2.45. The molecule has 0 radical (unpaired) electrons. The van der Waals surface area contributed by atoms with Crippen LogP contribution >= 0.6 is 11.6 Å². The predicted octanol–water partition coefficient (Wildman–Crippen LogP) is 3.75. The van der Waals surface area contributed by atoms with Gasteiger partial charge in [0.05, 0.1) is 6.04 Å². The van der Waals surface area contributed by atoms with E-state index in [4.69, 9.17) is 11.6 Å². The van der Waals surface area contributed by atoms with Crippen molar-refractivity contribution in [2.75, 3.05) is 20.1 Å². The van der Waals surface area contributed by atoms with Gasteiger partial charge in [0.25, 0.3) is 0 Å². The highest BCUT2D eigenvalue weighted by atomic mass is 35.5. The molecule has 1 saturated heterocycles. The number of rotatable bonds is 4. The normalized spacial score (nSPS) is 17.0. The van der Waals surface area contributed by atoms with Gasteiger partial charge in [0.15, 0.2) is 0 Å². The van der Waals surface area contributed by atoms with Crippen molar-refractivity contribution in [1.29, 1.82) is 0 Å². The van der Waals surface area contributed by atoms with Crippen molar-refractivity contribution in [3.63, 3.8) is 0 Å². The average Bonchev–Trinajstić information content (AvgIpc) is 2.59. The Kier molecular flexibility index (Phi) is 6.27. The molecule has 1 aliphatic heterocycles. The molecule has 1 heterocycles. The summed E-state index contributed by atoms with van der Waals surface area (Å²) in [6.45, 7) is 7.20. The molecule has 2 amide bonds.